The van der Waals surface area contributed by atoms with Crippen molar-refractivity contribution in [2.24, 2.45) is 5.73 Å². The minimum absolute atomic E-state index is 0.0345. The van der Waals surface area contributed by atoms with Crippen LogP contribution >= 0.6 is 0 Å². The first-order chi connectivity index (χ1) is 16.2. The van der Waals surface area contributed by atoms with E-state index in [4.69, 9.17) is 5.73 Å². The van der Waals surface area contributed by atoms with Crippen LogP contribution in [-0.4, -0.2) is 36.5 Å². The lowest BCUT2D eigenvalue weighted by Crippen LogP contribution is -2.43. The van der Waals surface area contributed by atoms with E-state index in [1.807, 2.05) is 0 Å². The Hall–Kier alpha value is -2.66. The zero-order chi connectivity index (χ0) is 26.1. The second kappa shape index (κ2) is 10.1. The van der Waals surface area contributed by atoms with E-state index in [-0.39, 0.29) is 36.2 Å². The number of carbonyl (C=O) groups is 1. The van der Waals surface area contributed by atoms with Crippen LogP contribution in [0, 0.1) is 5.82 Å². The van der Waals surface area contributed by atoms with E-state index < -0.39 is 41.2 Å². The third-order valence-corrected chi connectivity index (χ3v) is 6.42. The van der Waals surface area contributed by atoms with Gasteiger partial charge in [0.15, 0.2) is 0 Å². The number of amides is 1. The highest BCUT2D eigenvalue weighted by atomic mass is 19.4. The number of hydrogen-bond donors (Lipinski definition) is 2. The zero-order valence-electron chi connectivity index (χ0n) is 19.1. The minimum atomic E-state index is -4.94. The van der Waals surface area contributed by atoms with Crippen molar-refractivity contribution in [1.82, 2.24) is 10.2 Å². The fourth-order valence-corrected chi connectivity index (χ4v) is 4.81. The standard InChI is InChI=1S/C24H26F7N3O/c1-13(15-9-16(23(26,27)28)11-17(10-15)24(29,30)31)33-19-7-8-20(34(2)12-21(32)35)22(19)14-3-5-18(25)6-4-14/h3-6,9-11,13,19-20,22,33H,7-8,12H2,1-2H3,(H2,32,35)/t13-,19?,20?,22?/m1/s1. The summed E-state index contributed by atoms with van der Waals surface area (Å²) in [6.45, 7) is 1.46. The molecule has 1 amide bonds. The summed E-state index contributed by atoms with van der Waals surface area (Å²) in [6, 6.07) is 5.84. The Balaban J connectivity index is 1.94. The van der Waals surface area contributed by atoms with Crippen LogP contribution in [0.2, 0.25) is 0 Å². The van der Waals surface area contributed by atoms with Gasteiger partial charge in [0, 0.05) is 24.0 Å². The molecule has 0 saturated heterocycles. The normalized spacial score (nSPS) is 21.9. The number of benzene rings is 2. The largest absolute Gasteiger partial charge is 0.416 e. The molecule has 3 unspecified atom stereocenters. The maximum atomic E-state index is 13.5. The maximum absolute atomic E-state index is 13.5. The van der Waals surface area contributed by atoms with Crippen molar-refractivity contribution in [1.29, 1.82) is 0 Å². The lowest BCUT2D eigenvalue weighted by Gasteiger charge is -2.33. The molecule has 0 aromatic heterocycles. The molecule has 4 nitrogen and oxygen atoms in total. The molecule has 1 aliphatic carbocycles. The number of primary amides is 1. The van der Waals surface area contributed by atoms with Gasteiger partial charge in [-0.05, 0) is 68.3 Å². The average Bonchev–Trinajstić information content (AvgIpc) is 3.16. The number of nitrogens with zero attached hydrogens (tertiary/aromatic N) is 1. The fraction of sp³-hybridized carbons (Fsp3) is 0.458. The van der Waals surface area contributed by atoms with Gasteiger partial charge < -0.3 is 11.1 Å². The molecule has 1 aliphatic rings. The number of nitrogens with two attached hydrogens (primary N) is 1. The van der Waals surface area contributed by atoms with Crippen LogP contribution in [0.25, 0.3) is 0 Å². The van der Waals surface area contributed by atoms with Crippen LogP contribution in [-0.2, 0) is 17.1 Å². The highest BCUT2D eigenvalue weighted by molar-refractivity contribution is 5.75. The quantitative estimate of drug-likeness (QED) is 0.506. The van der Waals surface area contributed by atoms with Crippen molar-refractivity contribution in [3.8, 4) is 0 Å². The van der Waals surface area contributed by atoms with Crippen molar-refractivity contribution < 1.29 is 35.5 Å². The average molecular weight is 505 g/mol. The van der Waals surface area contributed by atoms with Crippen LogP contribution in [0.3, 0.4) is 0 Å². The maximum Gasteiger partial charge on any atom is 0.416 e. The highest BCUT2D eigenvalue weighted by Gasteiger charge is 2.41. The Kier molecular flexibility index (Phi) is 7.80. The minimum Gasteiger partial charge on any atom is -0.369 e. The van der Waals surface area contributed by atoms with Crippen molar-refractivity contribution in [3.05, 3.63) is 70.5 Å². The Morgan fingerprint density at radius 1 is 1.03 bits per heavy atom. The first-order valence-electron chi connectivity index (χ1n) is 11.0. The van der Waals surface area contributed by atoms with Crippen LogP contribution in [0.4, 0.5) is 30.7 Å². The van der Waals surface area contributed by atoms with E-state index in [2.05, 4.69) is 5.32 Å². The van der Waals surface area contributed by atoms with Crippen LogP contribution < -0.4 is 11.1 Å². The molecule has 1 saturated carbocycles. The molecule has 35 heavy (non-hydrogen) atoms. The molecule has 1 fully saturated rings. The Morgan fingerprint density at radius 2 is 1.57 bits per heavy atom. The third-order valence-electron chi connectivity index (χ3n) is 6.42. The lowest BCUT2D eigenvalue weighted by atomic mass is 9.89. The Bertz CT molecular complexity index is 1000. The predicted molar refractivity (Wildman–Crippen MR) is 116 cm³/mol. The first kappa shape index (κ1) is 26.9. The number of rotatable bonds is 7. The number of alkyl halides is 6. The summed E-state index contributed by atoms with van der Waals surface area (Å²) in [5.41, 5.74) is 3.15. The monoisotopic (exact) mass is 505 g/mol. The van der Waals surface area contributed by atoms with Gasteiger partial charge in [0.05, 0.1) is 17.7 Å². The van der Waals surface area contributed by atoms with E-state index in [0.717, 1.165) is 5.56 Å². The highest BCUT2D eigenvalue weighted by Crippen LogP contribution is 2.41. The van der Waals surface area contributed by atoms with Crippen molar-refractivity contribution in [3.63, 3.8) is 0 Å². The van der Waals surface area contributed by atoms with E-state index >= 15 is 0 Å². The van der Waals surface area contributed by atoms with Crippen LogP contribution in [0.5, 0.6) is 0 Å². The molecule has 0 spiro atoms. The topological polar surface area (TPSA) is 58.4 Å². The Labute approximate surface area is 198 Å². The smallest absolute Gasteiger partial charge is 0.369 e. The zero-order valence-corrected chi connectivity index (χ0v) is 19.1. The molecule has 3 N–H and O–H groups in total. The predicted octanol–water partition coefficient (Wildman–Crippen LogP) is 5.25. The summed E-state index contributed by atoms with van der Waals surface area (Å²) in [5.74, 6) is -1.30. The van der Waals surface area contributed by atoms with Gasteiger partial charge in [-0.1, -0.05) is 12.1 Å². The molecular weight excluding hydrogens is 479 g/mol. The molecule has 192 valence electrons. The van der Waals surface area contributed by atoms with E-state index in [1.165, 1.54) is 19.1 Å². The van der Waals surface area contributed by atoms with Gasteiger partial charge in [-0.3, -0.25) is 9.69 Å². The number of hydrogen-bond acceptors (Lipinski definition) is 3. The summed E-state index contributed by atoms with van der Waals surface area (Å²) in [4.78, 5) is 13.2. The summed E-state index contributed by atoms with van der Waals surface area (Å²) in [5, 5.41) is 3.18. The summed E-state index contributed by atoms with van der Waals surface area (Å²) >= 11 is 0. The van der Waals surface area contributed by atoms with Gasteiger partial charge in [0.25, 0.3) is 0 Å². The summed E-state index contributed by atoms with van der Waals surface area (Å²) in [6.07, 6.45) is -8.76. The SMILES string of the molecule is C[C@@H](NC1CCC(N(C)CC(N)=O)C1c1ccc(F)cc1)c1cc(C(F)(F)F)cc(C(F)(F)F)c1. The van der Waals surface area contributed by atoms with Gasteiger partial charge >= 0.3 is 12.4 Å². The number of likely N-dealkylation sites (N-methyl/N-ethyl adjacent to an activating group) is 1. The molecule has 2 aromatic rings. The molecule has 0 heterocycles. The van der Waals surface area contributed by atoms with E-state index in [9.17, 15) is 35.5 Å². The number of carbonyl (C=O) groups excluding carboxylic acids is 1. The van der Waals surface area contributed by atoms with Gasteiger partial charge in [-0.25, -0.2) is 4.39 Å². The second-order valence-corrected chi connectivity index (χ2v) is 8.94. The van der Waals surface area contributed by atoms with Gasteiger partial charge in [0.1, 0.15) is 5.82 Å². The molecular formula is C24H26F7N3O. The summed E-state index contributed by atoms with van der Waals surface area (Å²) < 4.78 is 93.3. The van der Waals surface area contributed by atoms with Gasteiger partial charge in [0.2, 0.25) is 5.91 Å². The number of halogens is 7. The first-order valence-corrected chi connectivity index (χ1v) is 11.0. The lowest BCUT2D eigenvalue weighted by molar-refractivity contribution is -0.143. The molecule has 11 heteroatoms. The summed E-state index contributed by atoms with van der Waals surface area (Å²) in [7, 11) is 1.71. The Morgan fingerprint density at radius 3 is 2.06 bits per heavy atom. The molecule has 0 aliphatic heterocycles. The fourth-order valence-electron chi connectivity index (χ4n) is 4.81. The molecule has 0 radical (unpaired) electrons. The van der Waals surface area contributed by atoms with E-state index in [0.29, 0.717) is 25.0 Å². The van der Waals surface area contributed by atoms with Crippen molar-refractivity contribution >= 4 is 5.91 Å². The molecule has 2 aromatic carbocycles. The second-order valence-electron chi connectivity index (χ2n) is 8.94. The molecule has 3 rings (SSSR count). The number of nitrogens with one attached hydrogen (secondary N) is 1. The van der Waals surface area contributed by atoms with Gasteiger partial charge in [-0.2, -0.15) is 26.3 Å². The van der Waals surface area contributed by atoms with Crippen LogP contribution in [0.15, 0.2) is 42.5 Å². The van der Waals surface area contributed by atoms with Crippen LogP contribution in [0.1, 0.15) is 54.0 Å². The van der Waals surface area contributed by atoms with Crippen molar-refractivity contribution in [2.75, 3.05) is 13.6 Å². The third kappa shape index (κ3) is 6.52. The molecule has 0 bridgehead atoms. The molecule has 4 atom stereocenters. The van der Waals surface area contributed by atoms with Gasteiger partial charge in [-0.15, -0.1) is 0 Å². The van der Waals surface area contributed by atoms with Crippen molar-refractivity contribution in [2.45, 2.75) is 56.2 Å². The van der Waals surface area contributed by atoms with E-state index in [1.54, 1.807) is 24.1 Å².